The van der Waals surface area contributed by atoms with Crippen molar-refractivity contribution in [2.45, 2.75) is 0 Å². The summed E-state index contributed by atoms with van der Waals surface area (Å²) in [6.07, 6.45) is 0. The average molecular weight is 524 g/mol. The summed E-state index contributed by atoms with van der Waals surface area (Å²) in [6, 6.07) is 43.2. The highest BCUT2D eigenvalue weighted by Gasteiger charge is 2.32. The quantitative estimate of drug-likeness (QED) is 0.228. The van der Waals surface area contributed by atoms with E-state index in [1.54, 1.807) is 0 Å². The number of fused-ring (bicyclic) bond motifs is 10. The summed E-state index contributed by atoms with van der Waals surface area (Å²) in [4.78, 5) is 24.2. The molecule has 0 saturated carbocycles. The summed E-state index contributed by atoms with van der Waals surface area (Å²) in [7, 11) is 0. The van der Waals surface area contributed by atoms with Crippen molar-refractivity contribution >= 4 is 49.3 Å². The first-order valence-electron chi connectivity index (χ1n) is 13.7. The van der Waals surface area contributed by atoms with E-state index >= 15 is 0 Å². The highest BCUT2D eigenvalue weighted by Crippen LogP contribution is 2.47. The molecule has 4 heteroatoms. The number of benzene rings is 6. The first kappa shape index (κ1) is 22.2. The Morgan fingerprint density at radius 3 is 2.07 bits per heavy atom. The van der Waals surface area contributed by atoms with Gasteiger partial charge in [0.2, 0.25) is 5.95 Å². The Labute approximate surface area is 235 Å². The summed E-state index contributed by atoms with van der Waals surface area (Å²) in [5.41, 5.74) is 8.15. The van der Waals surface area contributed by atoms with Crippen molar-refractivity contribution in [3.05, 3.63) is 139 Å². The minimum absolute atomic E-state index is 0.0591. The Morgan fingerprint density at radius 2 is 1.20 bits per heavy atom. The van der Waals surface area contributed by atoms with Crippen LogP contribution in [-0.2, 0) is 0 Å². The molecule has 2 aromatic heterocycles. The molecule has 0 spiro atoms. The fraction of sp³-hybridized carbons (Fsp3) is 0. The van der Waals surface area contributed by atoms with E-state index in [4.69, 9.17) is 9.97 Å². The van der Waals surface area contributed by atoms with Crippen LogP contribution in [0.4, 0.5) is 0 Å². The zero-order chi connectivity index (χ0) is 27.1. The van der Waals surface area contributed by atoms with Crippen molar-refractivity contribution in [1.29, 1.82) is 0 Å². The lowest BCUT2D eigenvalue weighted by molar-refractivity contribution is 0.104. The Balaban J connectivity index is 1.48. The lowest BCUT2D eigenvalue weighted by atomic mass is 9.96. The van der Waals surface area contributed by atoms with Crippen molar-refractivity contribution in [3.8, 4) is 28.3 Å². The Bertz CT molecular complexity index is 2380. The van der Waals surface area contributed by atoms with E-state index in [2.05, 4.69) is 59.2 Å². The number of aromatic nitrogens is 3. The van der Waals surface area contributed by atoms with E-state index < -0.39 is 0 Å². The zero-order valence-corrected chi connectivity index (χ0v) is 21.9. The van der Waals surface area contributed by atoms with Gasteiger partial charge in [-0.3, -0.25) is 9.36 Å². The fourth-order valence-electron chi connectivity index (χ4n) is 6.56. The van der Waals surface area contributed by atoms with Crippen LogP contribution >= 0.6 is 0 Å². The van der Waals surface area contributed by atoms with Gasteiger partial charge < -0.3 is 0 Å². The first-order chi connectivity index (χ1) is 20.3. The third kappa shape index (κ3) is 3.02. The molecule has 0 aliphatic heterocycles. The number of ketones is 1. The third-order valence-electron chi connectivity index (χ3n) is 8.34. The van der Waals surface area contributed by atoms with Crippen molar-refractivity contribution in [3.63, 3.8) is 0 Å². The van der Waals surface area contributed by atoms with Gasteiger partial charge in [-0.05, 0) is 35.0 Å². The summed E-state index contributed by atoms with van der Waals surface area (Å²) < 4.78 is 2.16. The van der Waals surface area contributed by atoms with Gasteiger partial charge in [-0.15, -0.1) is 0 Å². The van der Waals surface area contributed by atoms with Crippen LogP contribution in [-0.4, -0.2) is 20.3 Å². The maximum absolute atomic E-state index is 13.8. The second-order valence-electron chi connectivity index (χ2n) is 10.5. The average Bonchev–Trinajstić information content (AvgIpc) is 3.53. The Morgan fingerprint density at radius 1 is 0.512 bits per heavy atom. The number of carbonyl (C=O) groups is 1. The molecule has 2 heterocycles. The lowest BCUT2D eigenvalue weighted by Crippen LogP contribution is -2.04. The predicted molar refractivity (Wildman–Crippen MR) is 166 cm³/mol. The first-order valence-corrected chi connectivity index (χ1v) is 13.7. The smallest absolute Gasteiger partial charge is 0.235 e. The van der Waals surface area contributed by atoms with Crippen LogP contribution in [0.15, 0.2) is 127 Å². The van der Waals surface area contributed by atoms with Crippen LogP contribution in [0.2, 0.25) is 0 Å². The molecule has 0 radical (unpaired) electrons. The lowest BCUT2D eigenvalue weighted by Gasteiger charge is -2.14. The molecule has 0 unspecified atom stereocenters. The molecule has 0 bridgehead atoms. The molecule has 0 saturated heterocycles. The molecule has 1 aliphatic carbocycles. The zero-order valence-electron chi connectivity index (χ0n) is 21.9. The highest BCUT2D eigenvalue weighted by atomic mass is 16.1. The molecule has 41 heavy (non-hydrogen) atoms. The summed E-state index contributed by atoms with van der Waals surface area (Å²) in [5.74, 6) is 0.646. The SMILES string of the molecule is O=C1c2ccc3ccccc3c2-c2c1ccc1c3ccccc3n(-c3nc(-c4ccccc4)c4ccccc4n3)c21. The van der Waals surface area contributed by atoms with E-state index in [1.807, 2.05) is 72.8 Å². The standard InChI is InChI=1S/C37H21N3O/c41-36-28-19-18-22-10-4-5-13-24(22)32(28)33-29(36)21-20-26-25-14-7-9-17-31(25)40(35(26)33)37-38-30-16-8-6-15-27(30)34(39-37)23-11-2-1-3-12-23/h1-21H. The summed E-state index contributed by atoms with van der Waals surface area (Å²) in [6.45, 7) is 0. The van der Waals surface area contributed by atoms with Crippen molar-refractivity contribution in [2.75, 3.05) is 0 Å². The highest BCUT2D eigenvalue weighted by molar-refractivity contribution is 6.31. The van der Waals surface area contributed by atoms with Crippen molar-refractivity contribution in [1.82, 2.24) is 14.5 Å². The number of para-hydroxylation sites is 2. The minimum atomic E-state index is 0.0591. The number of rotatable bonds is 2. The van der Waals surface area contributed by atoms with Gasteiger partial charge >= 0.3 is 0 Å². The molecule has 0 atom stereocenters. The predicted octanol–water partition coefficient (Wildman–Crippen LogP) is 8.76. The molecule has 0 fully saturated rings. The van der Waals surface area contributed by atoms with Gasteiger partial charge in [-0.25, -0.2) is 9.97 Å². The van der Waals surface area contributed by atoms with Crippen LogP contribution in [0.5, 0.6) is 0 Å². The third-order valence-corrected chi connectivity index (χ3v) is 8.34. The van der Waals surface area contributed by atoms with Gasteiger partial charge in [0.15, 0.2) is 5.78 Å². The Hall–Kier alpha value is -5.61. The van der Waals surface area contributed by atoms with Gasteiger partial charge in [0.25, 0.3) is 0 Å². The minimum Gasteiger partial charge on any atom is -0.289 e. The summed E-state index contributed by atoms with van der Waals surface area (Å²) >= 11 is 0. The molecule has 6 aromatic carbocycles. The van der Waals surface area contributed by atoms with Gasteiger partial charge in [0, 0.05) is 44.0 Å². The van der Waals surface area contributed by atoms with E-state index in [9.17, 15) is 4.79 Å². The largest absolute Gasteiger partial charge is 0.289 e. The second-order valence-corrected chi connectivity index (χ2v) is 10.5. The normalized spacial score (nSPS) is 12.4. The molecule has 190 valence electrons. The number of hydrogen-bond acceptors (Lipinski definition) is 3. The molecule has 0 N–H and O–H groups in total. The van der Waals surface area contributed by atoms with E-state index in [0.29, 0.717) is 5.95 Å². The monoisotopic (exact) mass is 523 g/mol. The van der Waals surface area contributed by atoms with Crippen LogP contribution in [0.3, 0.4) is 0 Å². The van der Waals surface area contributed by atoms with Gasteiger partial charge in [0.1, 0.15) is 0 Å². The molecule has 0 amide bonds. The maximum Gasteiger partial charge on any atom is 0.235 e. The molecular formula is C37H21N3O. The van der Waals surface area contributed by atoms with Crippen molar-refractivity contribution < 1.29 is 4.79 Å². The van der Waals surface area contributed by atoms with Crippen LogP contribution < -0.4 is 0 Å². The van der Waals surface area contributed by atoms with E-state index in [0.717, 1.165) is 77.0 Å². The van der Waals surface area contributed by atoms with E-state index in [1.165, 1.54) is 0 Å². The fourth-order valence-corrected chi connectivity index (χ4v) is 6.56. The maximum atomic E-state index is 13.8. The van der Waals surface area contributed by atoms with Crippen molar-refractivity contribution in [2.24, 2.45) is 0 Å². The van der Waals surface area contributed by atoms with E-state index in [-0.39, 0.29) is 5.78 Å². The number of carbonyl (C=O) groups excluding carboxylic acids is 1. The Kier molecular flexibility index (Phi) is 4.44. The van der Waals surface area contributed by atoms with Crippen LogP contribution in [0, 0.1) is 0 Å². The number of hydrogen-bond donors (Lipinski definition) is 0. The molecule has 9 rings (SSSR count). The van der Waals surface area contributed by atoms with Crippen LogP contribution in [0.25, 0.3) is 71.8 Å². The second kappa shape index (κ2) is 8.20. The van der Waals surface area contributed by atoms with Gasteiger partial charge in [-0.1, -0.05) is 103 Å². The topological polar surface area (TPSA) is 47.8 Å². The molecule has 8 aromatic rings. The summed E-state index contributed by atoms with van der Waals surface area (Å²) in [5, 5.41) is 5.36. The number of nitrogens with zero attached hydrogens (tertiary/aromatic N) is 3. The van der Waals surface area contributed by atoms with Crippen LogP contribution in [0.1, 0.15) is 15.9 Å². The molecule has 1 aliphatic rings. The molecular weight excluding hydrogens is 502 g/mol. The molecule has 4 nitrogen and oxygen atoms in total. The van der Waals surface area contributed by atoms with Gasteiger partial charge in [0.05, 0.1) is 22.2 Å². The van der Waals surface area contributed by atoms with Gasteiger partial charge in [-0.2, -0.15) is 0 Å².